The maximum absolute atomic E-state index is 8.15. The number of benzene rings is 12. The van der Waals surface area contributed by atoms with Crippen molar-refractivity contribution >= 4 is 0 Å². The zero-order valence-electron chi connectivity index (χ0n) is 96.8. The van der Waals surface area contributed by atoms with Crippen LogP contribution in [0.3, 0.4) is 0 Å². The summed E-state index contributed by atoms with van der Waals surface area (Å²) in [5.74, 6) is 0. The Kier molecular flexibility index (Phi) is 15.8. The molecule has 0 N–H and O–H groups in total. The molecule has 0 fully saturated rings. The van der Waals surface area contributed by atoms with E-state index in [0.717, 1.165) is 94.8 Å². The average molecular weight is 1540 g/mol. The molecule has 16 rings (SSSR count). The summed E-state index contributed by atoms with van der Waals surface area (Å²) in [6, 6.07) is 86.6. The highest BCUT2D eigenvalue weighted by Crippen LogP contribution is 2.40. The first-order valence-corrected chi connectivity index (χ1v) is 38.2. The second-order valence-electron chi connectivity index (χ2n) is 29.5. The predicted octanol–water partition coefficient (Wildman–Crippen LogP) is 27.0. The van der Waals surface area contributed by atoms with Gasteiger partial charge >= 0.3 is 0 Å². The van der Waals surface area contributed by atoms with Crippen LogP contribution < -0.4 is 18.3 Å². The molecule has 576 valence electrons. The van der Waals surface area contributed by atoms with Gasteiger partial charge < -0.3 is 0 Å². The normalized spacial score (nSPS) is 15.8. The molecule has 4 heteroatoms. The third-order valence-electron chi connectivity index (χ3n) is 21.1. The van der Waals surface area contributed by atoms with Crippen molar-refractivity contribution in [3.8, 4) is 134 Å². The second kappa shape index (κ2) is 35.7. The zero-order chi connectivity index (χ0) is 107. The Morgan fingerprint density at radius 3 is 0.776 bits per heavy atom. The molecule has 0 aliphatic heterocycles. The first-order chi connectivity index (χ1) is 67.9. The summed E-state index contributed by atoms with van der Waals surface area (Å²) < 4.78 is 250. The highest BCUT2D eigenvalue weighted by molar-refractivity contribution is 5.84. The number of aromatic nitrogens is 4. The maximum Gasteiger partial charge on any atom is 0.213 e. The first-order valence-electron chi connectivity index (χ1n) is 53.2. The van der Waals surface area contributed by atoms with Crippen LogP contribution in [0.25, 0.3) is 134 Å². The van der Waals surface area contributed by atoms with Gasteiger partial charge in [0.1, 0.15) is 28.2 Å². The van der Waals surface area contributed by atoms with Crippen LogP contribution in [0.15, 0.2) is 316 Å². The topological polar surface area (TPSA) is 15.5 Å². The molecule has 0 radical (unpaired) electrons. The van der Waals surface area contributed by atoms with Gasteiger partial charge in [0.2, 0.25) is 22.8 Å². The van der Waals surface area contributed by atoms with Crippen LogP contribution in [0.4, 0.5) is 0 Å². The smallest absolute Gasteiger partial charge is 0.201 e. The Labute approximate surface area is 733 Å². The van der Waals surface area contributed by atoms with Gasteiger partial charge in [0.25, 0.3) is 0 Å². The van der Waals surface area contributed by atoms with E-state index in [1.54, 1.807) is 86.0 Å². The van der Waals surface area contributed by atoms with E-state index in [1.807, 2.05) is 288 Å². The van der Waals surface area contributed by atoms with E-state index < -0.39 is 68.5 Å². The number of hydrogen-bond acceptors (Lipinski definition) is 0. The van der Waals surface area contributed by atoms with Gasteiger partial charge in [-0.1, -0.05) is 230 Å². The lowest BCUT2D eigenvalue weighted by Crippen LogP contribution is -2.30. The largest absolute Gasteiger partial charge is 0.213 e. The van der Waals surface area contributed by atoms with Crippen molar-refractivity contribution in [3.05, 3.63) is 405 Å². The minimum absolute atomic E-state index is 0.0205. The summed E-state index contributed by atoms with van der Waals surface area (Å²) in [6.07, 6.45) is 7.33. The minimum Gasteiger partial charge on any atom is -0.201 e. The van der Waals surface area contributed by atoms with Crippen molar-refractivity contribution < 1.29 is 59.4 Å². The molecule has 4 heterocycles. The van der Waals surface area contributed by atoms with Crippen molar-refractivity contribution in [1.29, 1.82) is 0 Å². The Balaban J connectivity index is 0.000000163. The molecule has 4 aromatic heterocycles. The van der Waals surface area contributed by atoms with Crippen molar-refractivity contribution in [2.75, 3.05) is 0 Å². The number of aryl methyl sites for hydroxylation is 20. The highest BCUT2D eigenvalue weighted by atomic mass is 14.9. The molecule has 16 aromatic rings. The summed E-state index contributed by atoms with van der Waals surface area (Å²) in [5, 5.41) is 0. The minimum atomic E-state index is -2.53. The van der Waals surface area contributed by atoms with Crippen LogP contribution in [-0.4, -0.2) is 0 Å². The Hall–Kier alpha value is -12.8. The Morgan fingerprint density at radius 1 is 0.172 bits per heavy atom. The van der Waals surface area contributed by atoms with Crippen LogP contribution >= 0.6 is 0 Å². The summed E-state index contributed by atoms with van der Waals surface area (Å²) in [6.45, 7) is -12.7. The molecule has 0 aliphatic rings. The lowest BCUT2D eigenvalue weighted by atomic mass is 9.91. The van der Waals surface area contributed by atoms with Crippen LogP contribution in [0, 0.1) is 110 Å². The molecule has 0 atom stereocenters. The van der Waals surface area contributed by atoms with E-state index in [0.29, 0.717) is 83.7 Å². The molecule has 0 saturated heterocycles. The molecule has 0 saturated carbocycles. The van der Waals surface area contributed by atoms with Crippen LogP contribution in [-0.2, 0) is 28.2 Å². The predicted molar refractivity (Wildman–Crippen MR) is 491 cm³/mol. The number of hydrogen-bond donors (Lipinski definition) is 0. The van der Waals surface area contributed by atoms with E-state index in [-0.39, 0.29) is 44.5 Å². The Morgan fingerprint density at radius 2 is 0.440 bits per heavy atom. The molecule has 4 nitrogen and oxygen atoms in total. The molecule has 116 heavy (non-hydrogen) atoms. The fourth-order valence-electron chi connectivity index (χ4n) is 15.0. The highest BCUT2D eigenvalue weighted by Gasteiger charge is 2.24. The fourth-order valence-corrected chi connectivity index (χ4v) is 15.0. The lowest BCUT2D eigenvalue weighted by molar-refractivity contribution is -0.660. The van der Waals surface area contributed by atoms with Crippen molar-refractivity contribution in [2.45, 2.75) is 110 Å². The third kappa shape index (κ3) is 18.1. The number of rotatable bonds is 12. The standard InChI is InChI=1S/C29H30N.2C28H28N.C27H26N/c1-19-14-22(4)29(23(5)15-19)25-12-13-30(6)28(17-25)27-18-26(20(2)16-21(27)3)24-10-8-7-9-11-24;1-19-10-9-11-20(2)28(19)24-14-15-29(5)27(17-24)26-18-25(21(3)16-22(26)4)23-12-7-6-8-13-23;1-19-11-12-25(20(2)15-19)24-13-14-29(5)28(17-24)27-18-26(21(3)16-22(27)4)23-9-7-6-8-10-23;1-19-10-8-9-13-24(19)23-14-15-28(4)27(17-23)26-18-25(20(2)16-21(26)3)22-11-6-5-7-12-22/h7-18H,1-6H3;2*6-18H,1-5H3;5-18H,1-4H3/q4*+1/i2D3,4D3,5D3;1D3,2D3,3D3;2D3,3D3;1D3,2D3. The van der Waals surface area contributed by atoms with Gasteiger partial charge in [-0.15, -0.1) is 0 Å². The van der Waals surface area contributed by atoms with Crippen molar-refractivity contribution in [1.82, 2.24) is 0 Å². The van der Waals surface area contributed by atoms with Gasteiger partial charge in [0, 0.05) is 112 Å². The van der Waals surface area contributed by atoms with E-state index in [4.69, 9.17) is 41.1 Å². The van der Waals surface area contributed by atoms with Gasteiger partial charge in [-0.2, -0.15) is 0 Å². The van der Waals surface area contributed by atoms with E-state index in [9.17, 15) is 0 Å². The van der Waals surface area contributed by atoms with Gasteiger partial charge in [0.05, 0.1) is 0 Å². The lowest BCUT2D eigenvalue weighted by Gasteiger charge is -2.14. The Bertz CT molecular complexity index is 7440. The fraction of sp³-hybridized carbons (Fsp3) is 0.179. The van der Waals surface area contributed by atoms with E-state index >= 15 is 0 Å². The maximum atomic E-state index is 8.15. The first kappa shape index (κ1) is 51.2. The average Bonchev–Trinajstić information content (AvgIpc) is 0.743. The quantitative estimate of drug-likeness (QED) is 0.108. The molecular weight excluding hydrogens is 1400 g/mol. The van der Waals surface area contributed by atoms with Crippen LogP contribution in [0.2, 0.25) is 0 Å². The number of pyridine rings is 4. The van der Waals surface area contributed by atoms with Gasteiger partial charge in [-0.25, -0.2) is 18.3 Å². The van der Waals surface area contributed by atoms with Gasteiger partial charge in [-0.3, -0.25) is 0 Å². The molecule has 0 bridgehead atoms. The number of nitrogens with zero attached hydrogens (tertiary/aromatic N) is 4. The third-order valence-corrected chi connectivity index (χ3v) is 21.1. The van der Waals surface area contributed by atoms with Crippen molar-refractivity contribution in [3.63, 3.8) is 0 Å². The van der Waals surface area contributed by atoms with E-state index in [1.165, 1.54) is 30.3 Å². The van der Waals surface area contributed by atoms with E-state index in [2.05, 4.69) is 0 Å². The van der Waals surface area contributed by atoms with Gasteiger partial charge in [-0.05, 0) is 301 Å². The summed E-state index contributed by atoms with van der Waals surface area (Å²) in [5.41, 5.74) is 22.4. The van der Waals surface area contributed by atoms with Crippen molar-refractivity contribution in [2.24, 2.45) is 28.2 Å². The van der Waals surface area contributed by atoms with Gasteiger partial charge in [0.15, 0.2) is 24.8 Å². The molecular formula is C112H112N4+4. The zero-order valence-corrected chi connectivity index (χ0v) is 66.8. The molecule has 0 aliphatic carbocycles. The summed E-state index contributed by atoms with van der Waals surface area (Å²) in [4.78, 5) is 0. The SMILES string of the molecule is [2H]C([2H])([2H])c1cc(C)c(-c2cc(-c3c(C([2H])([2H])[2H])cc(C)cc3C([2H])([2H])[2H])cc[n+]2C)cc1-c1ccccc1.[2H]C([2H])([2H])c1cc(C)c(-c2cc(-c3c(C([2H])([2H])[2H])cccc3C([2H])([2H])[2H])cc[n+]2C)cc1-c1ccccc1.[2H]C([2H])([2H])c1cc(C)ccc1-c1cc[n+](C)c(-c2cc(-c3ccccc3)c(C([2H])([2H])[2H])cc2C)c1.[2H]C([2H])([2H])c1ccccc1-c1cc[n+](C)c(-c2cc(-c3ccccc3)c(C([2H])([2H])[2H])cc2C)c1. The van der Waals surface area contributed by atoms with Crippen LogP contribution in [0.5, 0.6) is 0 Å². The van der Waals surface area contributed by atoms with Crippen LogP contribution in [0.1, 0.15) is 130 Å². The monoisotopic (exact) mass is 1540 g/mol. The second-order valence-corrected chi connectivity index (χ2v) is 29.5. The summed E-state index contributed by atoms with van der Waals surface area (Å²) >= 11 is 0. The molecule has 0 unspecified atom stereocenters. The molecule has 12 aromatic carbocycles. The summed E-state index contributed by atoms with van der Waals surface area (Å²) in [7, 11) is 7.52. The molecule has 0 amide bonds. The molecule has 0 spiro atoms.